The van der Waals surface area contributed by atoms with Crippen LogP contribution in [-0.4, -0.2) is 11.6 Å². The summed E-state index contributed by atoms with van der Waals surface area (Å²) in [5, 5.41) is 0. The second-order valence-corrected chi connectivity index (χ2v) is 5.55. The van der Waals surface area contributed by atoms with E-state index in [0.29, 0.717) is 31.1 Å². The van der Waals surface area contributed by atoms with Gasteiger partial charge in [0.05, 0.1) is 0 Å². The average Bonchev–Trinajstić information content (AvgIpc) is 2.28. The van der Waals surface area contributed by atoms with Crippen LogP contribution in [0.3, 0.4) is 0 Å². The predicted octanol–water partition coefficient (Wildman–Crippen LogP) is 4.02. The molecule has 0 aromatic rings. The molecule has 3 unspecified atom stereocenters. The summed E-state index contributed by atoms with van der Waals surface area (Å²) in [4.78, 5) is 23.6. The molecule has 0 aromatic heterocycles. The van der Waals surface area contributed by atoms with Gasteiger partial charge in [-0.25, -0.2) is 0 Å². The van der Waals surface area contributed by atoms with E-state index in [0.717, 1.165) is 12.8 Å². The van der Waals surface area contributed by atoms with E-state index in [1.807, 2.05) is 6.92 Å². The molecule has 3 atom stereocenters. The van der Waals surface area contributed by atoms with Crippen molar-refractivity contribution in [1.82, 2.24) is 0 Å². The van der Waals surface area contributed by atoms with Crippen LogP contribution in [0.4, 0.5) is 0 Å². The van der Waals surface area contributed by atoms with Gasteiger partial charge in [-0.15, -0.1) is 0 Å². The highest BCUT2D eigenvalue weighted by molar-refractivity contribution is 5.87. The number of rotatable bonds is 9. The van der Waals surface area contributed by atoms with Gasteiger partial charge in [0.25, 0.3) is 0 Å². The fraction of sp³-hybridized carbons (Fsp3) is 0.867. The lowest BCUT2D eigenvalue weighted by Crippen LogP contribution is -2.18. The Labute approximate surface area is 106 Å². The van der Waals surface area contributed by atoms with Gasteiger partial charge < -0.3 is 0 Å². The fourth-order valence-electron chi connectivity index (χ4n) is 1.76. The Morgan fingerprint density at radius 3 is 1.76 bits per heavy atom. The van der Waals surface area contributed by atoms with Crippen molar-refractivity contribution in [2.24, 2.45) is 17.8 Å². The first-order valence-corrected chi connectivity index (χ1v) is 6.95. The molecular formula is C15H28O2. The molecule has 0 spiro atoms. The van der Waals surface area contributed by atoms with E-state index in [2.05, 4.69) is 27.7 Å². The number of ketones is 2. The third-order valence-corrected chi connectivity index (χ3v) is 3.60. The maximum Gasteiger partial charge on any atom is 0.136 e. The summed E-state index contributed by atoms with van der Waals surface area (Å²) in [6.45, 7) is 10.3. The fourth-order valence-corrected chi connectivity index (χ4v) is 1.76. The molecule has 0 saturated heterocycles. The van der Waals surface area contributed by atoms with Crippen LogP contribution in [0.15, 0.2) is 0 Å². The Kier molecular flexibility index (Phi) is 8.11. The van der Waals surface area contributed by atoms with E-state index < -0.39 is 0 Å². The van der Waals surface area contributed by atoms with Gasteiger partial charge in [-0.05, 0) is 11.8 Å². The maximum absolute atomic E-state index is 11.9. The normalized spacial score (nSPS) is 16.3. The van der Waals surface area contributed by atoms with Crippen LogP contribution in [0.5, 0.6) is 0 Å². The highest BCUT2D eigenvalue weighted by Crippen LogP contribution is 2.17. The van der Waals surface area contributed by atoms with Crippen LogP contribution in [0.25, 0.3) is 0 Å². The summed E-state index contributed by atoms with van der Waals surface area (Å²) in [5.74, 6) is 1.27. The molecule has 0 heterocycles. The largest absolute Gasteiger partial charge is 0.300 e. The summed E-state index contributed by atoms with van der Waals surface area (Å²) in [6.07, 6.45) is 3.73. The van der Waals surface area contributed by atoms with Crippen molar-refractivity contribution in [3.05, 3.63) is 0 Å². The van der Waals surface area contributed by atoms with E-state index in [1.54, 1.807) is 0 Å². The second-order valence-electron chi connectivity index (χ2n) is 5.55. The lowest BCUT2D eigenvalue weighted by atomic mass is 9.89. The van der Waals surface area contributed by atoms with E-state index in [9.17, 15) is 9.59 Å². The van der Waals surface area contributed by atoms with Crippen molar-refractivity contribution in [3.63, 3.8) is 0 Å². The molecule has 17 heavy (non-hydrogen) atoms. The third kappa shape index (κ3) is 7.30. The first-order chi connectivity index (χ1) is 7.90. The van der Waals surface area contributed by atoms with Gasteiger partial charge in [-0.1, -0.05) is 47.5 Å². The molecule has 0 N–H and O–H groups in total. The molecule has 2 heteroatoms. The molecule has 0 rings (SSSR count). The van der Waals surface area contributed by atoms with Crippen molar-refractivity contribution in [2.75, 3.05) is 0 Å². The van der Waals surface area contributed by atoms with Gasteiger partial charge in [0.15, 0.2) is 0 Å². The van der Waals surface area contributed by atoms with Crippen LogP contribution in [0.1, 0.15) is 66.7 Å². The topological polar surface area (TPSA) is 34.1 Å². The van der Waals surface area contributed by atoms with Crippen molar-refractivity contribution >= 4 is 11.6 Å². The van der Waals surface area contributed by atoms with Gasteiger partial charge in [-0.2, -0.15) is 0 Å². The summed E-state index contributed by atoms with van der Waals surface area (Å²) >= 11 is 0. The summed E-state index contributed by atoms with van der Waals surface area (Å²) < 4.78 is 0. The first kappa shape index (κ1) is 16.3. The average molecular weight is 240 g/mol. The summed E-state index contributed by atoms with van der Waals surface area (Å²) in [6, 6.07) is 0. The van der Waals surface area contributed by atoms with Gasteiger partial charge in [0, 0.05) is 25.2 Å². The number of Topliss-reactive ketones (excluding diaryl/α,β-unsaturated/α-hetero) is 2. The predicted molar refractivity (Wildman–Crippen MR) is 71.9 cm³/mol. The van der Waals surface area contributed by atoms with Gasteiger partial charge in [-0.3, -0.25) is 9.59 Å². The molecule has 0 aromatic carbocycles. The number of hydrogen-bond acceptors (Lipinski definition) is 2. The highest BCUT2D eigenvalue weighted by Gasteiger charge is 2.19. The summed E-state index contributed by atoms with van der Waals surface area (Å²) in [7, 11) is 0. The summed E-state index contributed by atoms with van der Waals surface area (Å²) in [5.41, 5.74) is 0. The molecule has 0 fully saturated rings. The van der Waals surface area contributed by atoms with E-state index in [-0.39, 0.29) is 17.5 Å². The molecule has 0 aliphatic carbocycles. The van der Waals surface area contributed by atoms with E-state index in [4.69, 9.17) is 0 Å². The van der Waals surface area contributed by atoms with Gasteiger partial charge in [0.2, 0.25) is 0 Å². The van der Waals surface area contributed by atoms with Crippen molar-refractivity contribution in [2.45, 2.75) is 66.7 Å². The Morgan fingerprint density at radius 1 is 0.824 bits per heavy atom. The highest BCUT2D eigenvalue weighted by atomic mass is 16.1. The number of hydrogen-bond donors (Lipinski definition) is 0. The minimum absolute atomic E-state index is 0.0967. The molecule has 0 aliphatic heterocycles. The van der Waals surface area contributed by atoms with Crippen LogP contribution in [0, 0.1) is 17.8 Å². The lowest BCUT2D eigenvalue weighted by Gasteiger charge is -2.14. The first-order valence-electron chi connectivity index (χ1n) is 6.95. The molecule has 0 bridgehead atoms. The molecular weight excluding hydrogens is 212 g/mol. The van der Waals surface area contributed by atoms with Crippen LogP contribution in [0.2, 0.25) is 0 Å². The molecule has 0 saturated carbocycles. The Balaban J connectivity index is 4.03. The molecule has 100 valence electrons. The number of carbonyl (C=O) groups excluding carboxylic acids is 2. The van der Waals surface area contributed by atoms with Crippen LogP contribution in [-0.2, 0) is 9.59 Å². The van der Waals surface area contributed by atoms with Crippen LogP contribution < -0.4 is 0 Å². The Hall–Kier alpha value is -0.660. The monoisotopic (exact) mass is 240 g/mol. The molecule has 0 aliphatic rings. The molecule has 2 nitrogen and oxygen atoms in total. The zero-order valence-corrected chi connectivity index (χ0v) is 12.1. The quantitative estimate of drug-likeness (QED) is 0.610. The SMILES string of the molecule is CCC(C)CC(=O)CC(C)C(=O)CC(C)CC. The molecule has 0 amide bonds. The third-order valence-electron chi connectivity index (χ3n) is 3.60. The van der Waals surface area contributed by atoms with Crippen molar-refractivity contribution < 1.29 is 9.59 Å². The van der Waals surface area contributed by atoms with Gasteiger partial charge in [0.1, 0.15) is 11.6 Å². The van der Waals surface area contributed by atoms with Crippen molar-refractivity contribution in [1.29, 1.82) is 0 Å². The number of carbonyl (C=O) groups is 2. The minimum Gasteiger partial charge on any atom is -0.300 e. The maximum atomic E-state index is 11.9. The smallest absolute Gasteiger partial charge is 0.136 e. The van der Waals surface area contributed by atoms with Crippen LogP contribution >= 0.6 is 0 Å². The van der Waals surface area contributed by atoms with E-state index >= 15 is 0 Å². The molecule has 0 radical (unpaired) electrons. The zero-order valence-electron chi connectivity index (χ0n) is 12.1. The van der Waals surface area contributed by atoms with Crippen molar-refractivity contribution in [3.8, 4) is 0 Å². The lowest BCUT2D eigenvalue weighted by molar-refractivity contribution is -0.128. The standard InChI is InChI=1S/C15H28O2/c1-6-11(3)8-14(16)10-13(5)15(17)9-12(4)7-2/h11-13H,6-10H2,1-5H3. The Morgan fingerprint density at radius 2 is 1.29 bits per heavy atom. The minimum atomic E-state index is -0.0967. The van der Waals surface area contributed by atoms with E-state index in [1.165, 1.54) is 0 Å². The van der Waals surface area contributed by atoms with Gasteiger partial charge >= 0.3 is 0 Å². The zero-order chi connectivity index (χ0) is 13.4. The Bertz CT molecular complexity index is 245. The second kappa shape index (κ2) is 8.43.